The van der Waals surface area contributed by atoms with Crippen molar-refractivity contribution in [3.8, 4) is 17.4 Å². The third kappa shape index (κ3) is 3.39. The van der Waals surface area contributed by atoms with Crippen molar-refractivity contribution in [2.45, 2.75) is 6.54 Å². The van der Waals surface area contributed by atoms with E-state index in [2.05, 4.69) is 11.1 Å². The fraction of sp³-hybridized carbons (Fsp3) is 0.0476. The average Bonchev–Trinajstić information content (AvgIpc) is 3.35. The van der Waals surface area contributed by atoms with E-state index in [1.165, 1.54) is 12.1 Å². The summed E-state index contributed by atoms with van der Waals surface area (Å²) in [5.74, 6) is 1.11. The Balaban J connectivity index is 1.57. The van der Waals surface area contributed by atoms with E-state index >= 15 is 0 Å². The summed E-state index contributed by atoms with van der Waals surface area (Å²) in [6.45, 7) is 0.380. The highest BCUT2D eigenvalue weighted by Gasteiger charge is 2.09. The number of nitriles is 1. The van der Waals surface area contributed by atoms with Crippen molar-refractivity contribution in [2.75, 3.05) is 0 Å². The zero-order valence-corrected chi connectivity index (χ0v) is 14.6. The lowest BCUT2D eigenvalue weighted by molar-refractivity contribution is -0.384. The van der Waals surface area contributed by atoms with Crippen LogP contribution in [-0.2, 0) is 6.54 Å². The number of non-ortho nitro benzene ring substituents is 1. The maximum atomic E-state index is 10.8. The van der Waals surface area contributed by atoms with Gasteiger partial charge < -0.3 is 8.98 Å². The molecule has 0 aliphatic carbocycles. The molecular formula is C21H14N4O3. The molecule has 4 aromatic rings. The van der Waals surface area contributed by atoms with Gasteiger partial charge in [-0.2, -0.15) is 5.26 Å². The molecule has 7 heteroatoms. The summed E-state index contributed by atoms with van der Waals surface area (Å²) in [5, 5.41) is 20.3. The molecule has 0 unspecified atom stereocenters. The van der Waals surface area contributed by atoms with Gasteiger partial charge in [-0.3, -0.25) is 10.1 Å². The van der Waals surface area contributed by atoms with Gasteiger partial charge in [-0.05, 0) is 42.5 Å². The van der Waals surface area contributed by atoms with E-state index in [-0.39, 0.29) is 5.69 Å². The summed E-state index contributed by atoms with van der Waals surface area (Å²) in [6.07, 6.45) is 3.39. The molecule has 0 fully saturated rings. The van der Waals surface area contributed by atoms with Crippen LogP contribution in [0, 0.1) is 21.4 Å². The summed E-state index contributed by atoms with van der Waals surface area (Å²) in [4.78, 5) is 14.6. The fourth-order valence-corrected chi connectivity index (χ4v) is 2.94. The first kappa shape index (κ1) is 17.2. The first-order valence-corrected chi connectivity index (χ1v) is 8.49. The molecule has 136 valence electrons. The van der Waals surface area contributed by atoms with Crippen molar-refractivity contribution in [1.29, 1.82) is 5.26 Å². The molecule has 0 spiro atoms. The van der Waals surface area contributed by atoms with Crippen LogP contribution in [0.1, 0.15) is 5.76 Å². The molecule has 7 nitrogen and oxygen atoms in total. The van der Waals surface area contributed by atoms with Gasteiger partial charge in [0.25, 0.3) is 5.69 Å². The minimum atomic E-state index is -0.445. The number of benzene rings is 2. The lowest BCUT2D eigenvalue weighted by atomic mass is 10.1. The zero-order valence-electron chi connectivity index (χ0n) is 14.6. The van der Waals surface area contributed by atoms with Crippen molar-refractivity contribution in [3.05, 3.63) is 88.4 Å². The predicted molar refractivity (Wildman–Crippen MR) is 104 cm³/mol. The number of nitro groups is 1. The Bertz CT molecular complexity index is 1230. The number of hydrogen-bond donors (Lipinski definition) is 0. The zero-order chi connectivity index (χ0) is 19.5. The van der Waals surface area contributed by atoms with Gasteiger partial charge in [0, 0.05) is 17.7 Å². The molecule has 28 heavy (non-hydrogen) atoms. The average molecular weight is 370 g/mol. The van der Waals surface area contributed by atoms with Crippen molar-refractivity contribution >= 4 is 22.8 Å². The molecule has 0 N–H and O–H groups in total. The van der Waals surface area contributed by atoms with E-state index in [4.69, 9.17) is 4.42 Å². The number of nitro benzene ring substituents is 1. The highest BCUT2D eigenvalue weighted by Crippen LogP contribution is 2.25. The predicted octanol–water partition coefficient (Wildman–Crippen LogP) is 4.81. The summed E-state index contributed by atoms with van der Waals surface area (Å²) in [6, 6.07) is 19.6. The van der Waals surface area contributed by atoms with Crippen LogP contribution < -0.4 is 0 Å². The van der Waals surface area contributed by atoms with Crippen LogP contribution in [0.2, 0.25) is 0 Å². The minimum absolute atomic E-state index is 0.0229. The molecule has 0 saturated heterocycles. The summed E-state index contributed by atoms with van der Waals surface area (Å²) >= 11 is 0. The molecule has 0 aliphatic heterocycles. The maximum absolute atomic E-state index is 10.8. The number of fused-ring (bicyclic) bond motifs is 1. The van der Waals surface area contributed by atoms with Gasteiger partial charge in [-0.15, -0.1) is 0 Å². The second kappa shape index (κ2) is 7.21. The molecule has 0 radical (unpaired) electrons. The van der Waals surface area contributed by atoms with Crippen LogP contribution >= 0.6 is 0 Å². The summed E-state index contributed by atoms with van der Waals surface area (Å²) < 4.78 is 7.69. The lowest BCUT2D eigenvalue weighted by Crippen LogP contribution is -1.98. The molecule has 2 heterocycles. The number of furan rings is 1. The molecule has 4 rings (SSSR count). The Morgan fingerprint density at radius 3 is 2.71 bits per heavy atom. The Hall–Kier alpha value is -4.18. The SMILES string of the molecule is N#C/C(=C/c1ccc(-c2ccc([N+](=O)[O-])cc2)o1)Cn1cnc2ccccc21. The number of hydrogen-bond acceptors (Lipinski definition) is 5. The first-order chi connectivity index (χ1) is 13.6. The highest BCUT2D eigenvalue weighted by molar-refractivity contribution is 5.75. The van der Waals surface area contributed by atoms with E-state index < -0.39 is 4.92 Å². The van der Waals surface area contributed by atoms with Crippen molar-refractivity contribution in [2.24, 2.45) is 0 Å². The van der Waals surface area contributed by atoms with Crippen LogP contribution in [0.15, 0.2) is 77.0 Å². The maximum Gasteiger partial charge on any atom is 0.269 e. The van der Waals surface area contributed by atoms with Gasteiger partial charge in [0.15, 0.2) is 0 Å². The van der Waals surface area contributed by atoms with Crippen LogP contribution in [0.25, 0.3) is 28.4 Å². The van der Waals surface area contributed by atoms with E-state index in [0.717, 1.165) is 16.6 Å². The van der Waals surface area contributed by atoms with Crippen molar-refractivity contribution in [1.82, 2.24) is 9.55 Å². The second-order valence-electron chi connectivity index (χ2n) is 6.15. The van der Waals surface area contributed by atoms with Crippen LogP contribution in [0.4, 0.5) is 5.69 Å². The number of para-hydroxylation sites is 2. The van der Waals surface area contributed by atoms with E-state index in [1.54, 1.807) is 36.7 Å². The molecule has 0 saturated carbocycles. The van der Waals surface area contributed by atoms with Gasteiger partial charge in [0.2, 0.25) is 0 Å². The van der Waals surface area contributed by atoms with Crippen molar-refractivity contribution in [3.63, 3.8) is 0 Å². The minimum Gasteiger partial charge on any atom is -0.457 e. The van der Waals surface area contributed by atoms with E-state index in [9.17, 15) is 15.4 Å². The monoisotopic (exact) mass is 370 g/mol. The van der Waals surface area contributed by atoms with Crippen LogP contribution in [0.5, 0.6) is 0 Å². The van der Waals surface area contributed by atoms with Crippen LogP contribution in [-0.4, -0.2) is 14.5 Å². The Labute approximate surface area is 159 Å². The molecule has 0 aliphatic rings. The highest BCUT2D eigenvalue weighted by atomic mass is 16.6. The normalized spacial score (nSPS) is 11.5. The van der Waals surface area contributed by atoms with Crippen LogP contribution in [0.3, 0.4) is 0 Å². The van der Waals surface area contributed by atoms with Gasteiger partial charge in [0.05, 0.1) is 40.5 Å². The number of allylic oxidation sites excluding steroid dienone is 1. The number of rotatable bonds is 5. The lowest BCUT2D eigenvalue weighted by Gasteiger charge is -2.02. The van der Waals surface area contributed by atoms with Gasteiger partial charge in [-0.1, -0.05) is 12.1 Å². The first-order valence-electron chi connectivity index (χ1n) is 8.49. The standard InChI is InChI=1S/C21H14N4O3/c22-12-15(13-24-14-23-19-3-1-2-4-20(19)24)11-18-9-10-21(28-18)16-5-7-17(8-6-16)25(26)27/h1-11,14H,13H2/b15-11-. The second-order valence-corrected chi connectivity index (χ2v) is 6.15. The Morgan fingerprint density at radius 1 is 1.18 bits per heavy atom. The number of nitrogens with zero attached hydrogens (tertiary/aromatic N) is 4. The van der Waals surface area contributed by atoms with E-state index in [1.807, 2.05) is 28.8 Å². The van der Waals surface area contributed by atoms with Gasteiger partial charge in [0.1, 0.15) is 11.5 Å². The Morgan fingerprint density at radius 2 is 1.96 bits per heavy atom. The smallest absolute Gasteiger partial charge is 0.269 e. The molecule has 0 amide bonds. The number of aromatic nitrogens is 2. The summed E-state index contributed by atoms with van der Waals surface area (Å²) in [5.41, 5.74) is 3.10. The molecule has 0 bridgehead atoms. The quantitative estimate of drug-likeness (QED) is 0.285. The fourth-order valence-electron chi connectivity index (χ4n) is 2.94. The molecule has 0 atom stereocenters. The topological polar surface area (TPSA) is 97.9 Å². The van der Waals surface area contributed by atoms with E-state index in [0.29, 0.717) is 23.6 Å². The largest absolute Gasteiger partial charge is 0.457 e. The van der Waals surface area contributed by atoms with Gasteiger partial charge in [-0.25, -0.2) is 4.98 Å². The van der Waals surface area contributed by atoms with Crippen molar-refractivity contribution < 1.29 is 9.34 Å². The summed E-state index contributed by atoms with van der Waals surface area (Å²) in [7, 11) is 0. The third-order valence-corrected chi connectivity index (χ3v) is 4.32. The number of imidazole rings is 1. The Kier molecular flexibility index (Phi) is 4.44. The molecular weight excluding hydrogens is 356 g/mol. The third-order valence-electron chi connectivity index (χ3n) is 4.32. The molecule has 2 aromatic carbocycles. The van der Waals surface area contributed by atoms with Gasteiger partial charge >= 0.3 is 0 Å². The molecule has 2 aromatic heterocycles.